The van der Waals surface area contributed by atoms with Crippen LogP contribution in [0.5, 0.6) is 0 Å². The van der Waals surface area contributed by atoms with Crippen molar-refractivity contribution in [1.82, 2.24) is 10.3 Å². The molecule has 0 aromatic heterocycles. The van der Waals surface area contributed by atoms with Crippen LogP contribution in [0.4, 0.5) is 0 Å². The summed E-state index contributed by atoms with van der Waals surface area (Å²) in [5.41, 5.74) is 2.83. The summed E-state index contributed by atoms with van der Waals surface area (Å²) in [5, 5.41) is 3.65. The largest absolute Gasteiger partial charge is 0.319 e. The Kier molecular flexibility index (Phi) is 4.45. The minimum atomic E-state index is -0.219. The quantitative estimate of drug-likeness (QED) is 0.373. The van der Waals surface area contributed by atoms with Crippen molar-refractivity contribution in [2.24, 2.45) is 5.10 Å². The van der Waals surface area contributed by atoms with E-state index in [1.165, 1.54) is 17.3 Å². The molecule has 0 radical (unpaired) electrons. The second-order valence-electron chi connectivity index (χ2n) is 2.11. The number of carbonyl (C=O) groups excluding carboxylic acids is 1. The van der Waals surface area contributed by atoms with Crippen molar-refractivity contribution in [3.8, 4) is 0 Å². The molecule has 0 saturated carbocycles. The highest BCUT2D eigenvalue weighted by atomic mass is 16.2. The number of carbonyl (C=O) groups is 1. The first-order valence-corrected chi connectivity index (χ1v) is 3.42. The number of nitrogens with zero attached hydrogens (tertiary/aromatic N) is 2. The van der Waals surface area contributed by atoms with E-state index in [0.717, 1.165) is 0 Å². The second-order valence-corrected chi connectivity index (χ2v) is 2.11. The van der Waals surface area contributed by atoms with E-state index >= 15 is 0 Å². The maximum Gasteiger partial charge on any atom is 0.258 e. The van der Waals surface area contributed by atoms with Crippen LogP contribution in [0.2, 0.25) is 0 Å². The SMILES string of the molecule is C=CN(C)C(=O)C(=C)/C=N\NC. The van der Waals surface area contributed by atoms with Gasteiger partial charge in [-0.1, -0.05) is 13.2 Å². The summed E-state index contributed by atoms with van der Waals surface area (Å²) in [6, 6.07) is 0. The predicted octanol–water partition coefficient (Wildman–Crippen LogP) is 0.350. The van der Waals surface area contributed by atoms with E-state index in [9.17, 15) is 4.79 Å². The van der Waals surface area contributed by atoms with Gasteiger partial charge in [-0.15, -0.1) is 0 Å². The fourth-order valence-electron chi connectivity index (χ4n) is 0.507. The molecule has 0 unspecified atom stereocenters. The molecule has 0 fully saturated rings. The molecule has 0 spiro atoms. The molecule has 0 aliphatic heterocycles. The zero-order valence-electron chi connectivity index (χ0n) is 7.37. The van der Waals surface area contributed by atoms with E-state index < -0.39 is 0 Å². The van der Waals surface area contributed by atoms with Crippen molar-refractivity contribution < 1.29 is 4.79 Å². The number of hydrazone groups is 1. The molecule has 0 atom stereocenters. The van der Waals surface area contributed by atoms with Gasteiger partial charge in [-0.25, -0.2) is 0 Å². The Hall–Kier alpha value is -1.58. The van der Waals surface area contributed by atoms with Crippen LogP contribution in [0, 0.1) is 0 Å². The van der Waals surface area contributed by atoms with Gasteiger partial charge in [-0.05, 0) is 6.20 Å². The standard InChI is InChI=1S/C8H13N3O/c1-5-11(4)8(12)7(2)6-10-9-3/h5-6,9H,1-2H2,3-4H3/b10-6-. The van der Waals surface area contributed by atoms with Crippen LogP contribution in [0.15, 0.2) is 30.0 Å². The van der Waals surface area contributed by atoms with Gasteiger partial charge in [-0.3, -0.25) is 4.79 Å². The molecule has 0 aliphatic carbocycles. The molecule has 0 saturated heterocycles. The van der Waals surface area contributed by atoms with Crippen LogP contribution in [0.25, 0.3) is 0 Å². The van der Waals surface area contributed by atoms with Crippen LogP contribution in [0.1, 0.15) is 0 Å². The van der Waals surface area contributed by atoms with Crippen molar-refractivity contribution >= 4 is 12.1 Å². The number of nitrogens with one attached hydrogen (secondary N) is 1. The lowest BCUT2D eigenvalue weighted by Crippen LogP contribution is -2.22. The Balaban J connectivity index is 4.20. The minimum Gasteiger partial charge on any atom is -0.319 e. The zero-order valence-corrected chi connectivity index (χ0v) is 7.37. The van der Waals surface area contributed by atoms with Crippen LogP contribution in [0.3, 0.4) is 0 Å². The van der Waals surface area contributed by atoms with Crippen molar-refractivity contribution in [3.63, 3.8) is 0 Å². The highest BCUT2D eigenvalue weighted by Crippen LogP contribution is 1.93. The van der Waals surface area contributed by atoms with Gasteiger partial charge in [0.1, 0.15) is 0 Å². The number of likely N-dealkylation sites (N-methyl/N-ethyl adjacent to an activating group) is 1. The first-order chi connectivity index (χ1) is 5.63. The third-order valence-corrected chi connectivity index (χ3v) is 1.22. The highest BCUT2D eigenvalue weighted by Gasteiger charge is 2.06. The molecule has 1 amide bonds. The molecule has 0 rings (SSSR count). The van der Waals surface area contributed by atoms with Crippen molar-refractivity contribution in [2.75, 3.05) is 14.1 Å². The van der Waals surface area contributed by atoms with Gasteiger partial charge in [0.15, 0.2) is 0 Å². The summed E-state index contributed by atoms with van der Waals surface area (Å²) in [5.74, 6) is -0.219. The molecular weight excluding hydrogens is 154 g/mol. The maximum atomic E-state index is 11.2. The third-order valence-electron chi connectivity index (χ3n) is 1.22. The number of amides is 1. The van der Waals surface area contributed by atoms with Gasteiger partial charge in [0, 0.05) is 14.1 Å². The summed E-state index contributed by atoms with van der Waals surface area (Å²) in [4.78, 5) is 12.6. The molecule has 0 bridgehead atoms. The monoisotopic (exact) mass is 167 g/mol. The Morgan fingerprint density at radius 2 is 2.25 bits per heavy atom. The molecule has 4 heteroatoms. The van der Waals surface area contributed by atoms with E-state index in [1.807, 2.05) is 0 Å². The number of rotatable bonds is 4. The average molecular weight is 167 g/mol. The van der Waals surface area contributed by atoms with Crippen LogP contribution < -0.4 is 5.43 Å². The van der Waals surface area contributed by atoms with Gasteiger partial charge in [-0.2, -0.15) is 5.10 Å². The van der Waals surface area contributed by atoms with E-state index in [-0.39, 0.29) is 5.91 Å². The van der Waals surface area contributed by atoms with E-state index in [4.69, 9.17) is 0 Å². The predicted molar refractivity (Wildman–Crippen MR) is 49.7 cm³/mol. The highest BCUT2D eigenvalue weighted by molar-refractivity contribution is 6.11. The molecule has 0 aromatic rings. The van der Waals surface area contributed by atoms with Gasteiger partial charge in [0.25, 0.3) is 5.91 Å². The summed E-state index contributed by atoms with van der Waals surface area (Å²) >= 11 is 0. The zero-order chi connectivity index (χ0) is 9.56. The second kappa shape index (κ2) is 5.12. The first kappa shape index (κ1) is 10.4. The molecular formula is C8H13N3O. The molecule has 66 valence electrons. The average Bonchev–Trinajstić information content (AvgIpc) is 2.11. The molecule has 12 heavy (non-hydrogen) atoms. The van der Waals surface area contributed by atoms with Crippen LogP contribution in [-0.4, -0.2) is 31.1 Å². The van der Waals surface area contributed by atoms with Gasteiger partial charge < -0.3 is 10.3 Å². The lowest BCUT2D eigenvalue weighted by atomic mass is 10.3. The van der Waals surface area contributed by atoms with Gasteiger partial charge in [0.05, 0.1) is 11.8 Å². The van der Waals surface area contributed by atoms with E-state index in [1.54, 1.807) is 14.1 Å². The number of hydrogen-bond donors (Lipinski definition) is 1. The van der Waals surface area contributed by atoms with E-state index in [2.05, 4.69) is 23.7 Å². The van der Waals surface area contributed by atoms with Crippen LogP contribution >= 0.6 is 0 Å². The molecule has 4 nitrogen and oxygen atoms in total. The summed E-state index contributed by atoms with van der Waals surface area (Å²) in [6.07, 6.45) is 2.78. The molecule has 0 aliphatic rings. The lowest BCUT2D eigenvalue weighted by Gasteiger charge is -2.09. The van der Waals surface area contributed by atoms with Crippen molar-refractivity contribution in [2.45, 2.75) is 0 Å². The van der Waals surface area contributed by atoms with Crippen molar-refractivity contribution in [3.05, 3.63) is 24.9 Å². The Bertz CT molecular complexity index is 220. The summed E-state index contributed by atoms with van der Waals surface area (Å²) < 4.78 is 0. The van der Waals surface area contributed by atoms with Gasteiger partial charge in [0.2, 0.25) is 0 Å². The van der Waals surface area contributed by atoms with Crippen LogP contribution in [-0.2, 0) is 4.79 Å². The lowest BCUT2D eigenvalue weighted by molar-refractivity contribution is -0.123. The Morgan fingerprint density at radius 1 is 1.67 bits per heavy atom. The summed E-state index contributed by atoms with van der Waals surface area (Å²) in [7, 11) is 3.25. The normalized spacial score (nSPS) is 9.50. The Morgan fingerprint density at radius 3 is 2.67 bits per heavy atom. The number of hydrogen-bond acceptors (Lipinski definition) is 3. The molecule has 0 heterocycles. The van der Waals surface area contributed by atoms with E-state index in [0.29, 0.717) is 5.57 Å². The van der Waals surface area contributed by atoms with Crippen molar-refractivity contribution in [1.29, 1.82) is 0 Å². The summed E-state index contributed by atoms with van der Waals surface area (Å²) in [6.45, 7) is 6.98. The topological polar surface area (TPSA) is 44.7 Å². The fourth-order valence-corrected chi connectivity index (χ4v) is 0.507. The van der Waals surface area contributed by atoms with Gasteiger partial charge >= 0.3 is 0 Å². The Labute approximate surface area is 72.3 Å². The fraction of sp³-hybridized carbons (Fsp3) is 0.250. The smallest absolute Gasteiger partial charge is 0.258 e. The molecule has 1 N–H and O–H groups in total. The first-order valence-electron chi connectivity index (χ1n) is 3.42. The molecule has 0 aromatic carbocycles. The minimum absolute atomic E-state index is 0.219. The maximum absolute atomic E-state index is 11.2. The third kappa shape index (κ3) is 3.01.